The quantitative estimate of drug-likeness (QED) is 0.173. The van der Waals surface area contributed by atoms with Gasteiger partial charge in [-0.05, 0) is 185 Å². The Labute approximate surface area is 354 Å². The Morgan fingerprint density at radius 3 is 1.53 bits per heavy atom. The summed E-state index contributed by atoms with van der Waals surface area (Å²) in [6, 6.07) is 58.3. The minimum absolute atomic E-state index is 0.0853. The van der Waals surface area contributed by atoms with E-state index in [1.165, 1.54) is 127 Å². The van der Waals surface area contributed by atoms with Crippen LogP contribution >= 0.6 is 0 Å². The van der Waals surface area contributed by atoms with Gasteiger partial charge in [0.1, 0.15) is 0 Å². The Hall–Kier alpha value is -6.44. The van der Waals surface area contributed by atoms with E-state index in [0.717, 1.165) is 0 Å². The minimum Gasteiger partial charge on any atom is -0.310 e. The molecule has 3 aliphatic carbocycles. The van der Waals surface area contributed by atoms with Crippen LogP contribution in [-0.4, -0.2) is 0 Å². The van der Waals surface area contributed by atoms with Crippen LogP contribution in [0.1, 0.15) is 86.1 Å². The summed E-state index contributed by atoms with van der Waals surface area (Å²) in [5, 5.41) is 7.80. The van der Waals surface area contributed by atoms with Gasteiger partial charge < -0.3 is 4.90 Å². The molecule has 0 spiro atoms. The molecule has 290 valence electrons. The fourth-order valence-corrected chi connectivity index (χ4v) is 11.7. The van der Waals surface area contributed by atoms with Gasteiger partial charge in [-0.2, -0.15) is 0 Å². The Balaban J connectivity index is 1.01. The highest BCUT2D eigenvalue weighted by Gasteiger charge is 2.43. The summed E-state index contributed by atoms with van der Waals surface area (Å²) in [6.07, 6.45) is 0. The van der Waals surface area contributed by atoms with E-state index in [0.29, 0.717) is 0 Å². The molecule has 0 N–H and O–H groups in total. The molecule has 1 nitrogen and oxygen atoms in total. The summed E-state index contributed by atoms with van der Waals surface area (Å²) in [5.74, 6) is 0. The maximum absolute atomic E-state index is 2.55. The SMILES string of the molecule is Cc1cccc(C)c1N(c1ccc2c(c1)C(C)(C)c1cc3c(cc1-2)C(C)(C)c1ccc2ccccc2c1-3)c1ccc2cc3c(cc2c1)C(C)(C)c1cc2ccccc2cc1-3. The molecule has 0 amide bonds. The van der Waals surface area contributed by atoms with Gasteiger partial charge in [0.25, 0.3) is 0 Å². The van der Waals surface area contributed by atoms with Gasteiger partial charge in [0.2, 0.25) is 0 Å². The third-order valence-electron chi connectivity index (χ3n) is 15.0. The molecule has 60 heavy (non-hydrogen) atoms. The first-order valence-electron chi connectivity index (χ1n) is 21.7. The number of fused-ring (bicyclic) bond motifs is 13. The number of benzene rings is 9. The molecule has 0 unspecified atom stereocenters. The largest absolute Gasteiger partial charge is 0.310 e. The van der Waals surface area contributed by atoms with E-state index in [1.807, 2.05) is 0 Å². The molecule has 0 saturated heterocycles. The molecule has 0 aliphatic heterocycles. The van der Waals surface area contributed by atoms with Crippen molar-refractivity contribution in [2.75, 3.05) is 4.90 Å². The van der Waals surface area contributed by atoms with Gasteiger partial charge in [0, 0.05) is 27.6 Å². The normalized spacial score (nSPS) is 15.7. The van der Waals surface area contributed by atoms with E-state index < -0.39 is 0 Å². The van der Waals surface area contributed by atoms with Crippen LogP contribution in [0.4, 0.5) is 17.1 Å². The van der Waals surface area contributed by atoms with Crippen LogP contribution in [0.5, 0.6) is 0 Å². The monoisotopic (exact) mass is 771 g/mol. The molecule has 0 fully saturated rings. The second-order valence-electron chi connectivity index (χ2n) is 19.5. The molecule has 0 atom stereocenters. The van der Waals surface area contributed by atoms with Gasteiger partial charge in [-0.15, -0.1) is 0 Å². The van der Waals surface area contributed by atoms with Gasteiger partial charge in [-0.1, -0.05) is 133 Å². The van der Waals surface area contributed by atoms with E-state index in [4.69, 9.17) is 0 Å². The van der Waals surface area contributed by atoms with Crippen molar-refractivity contribution in [3.8, 4) is 33.4 Å². The zero-order valence-electron chi connectivity index (χ0n) is 35.9. The van der Waals surface area contributed by atoms with Crippen molar-refractivity contribution in [3.05, 3.63) is 196 Å². The van der Waals surface area contributed by atoms with Crippen LogP contribution in [0.15, 0.2) is 152 Å². The lowest BCUT2D eigenvalue weighted by Gasteiger charge is -2.31. The number of nitrogens with zero attached hydrogens (tertiary/aromatic N) is 1. The zero-order chi connectivity index (χ0) is 41.0. The molecular weight excluding hydrogens is 723 g/mol. The second kappa shape index (κ2) is 11.9. The summed E-state index contributed by atoms with van der Waals surface area (Å²) < 4.78 is 0. The topological polar surface area (TPSA) is 3.24 Å². The Bertz CT molecular complexity index is 3350. The Morgan fingerprint density at radius 2 is 0.817 bits per heavy atom. The smallest absolute Gasteiger partial charge is 0.0519 e. The lowest BCUT2D eigenvalue weighted by atomic mass is 9.79. The van der Waals surface area contributed by atoms with E-state index in [1.54, 1.807) is 0 Å². The first-order valence-corrected chi connectivity index (χ1v) is 21.7. The molecule has 1 heteroatoms. The summed E-state index contributed by atoms with van der Waals surface area (Å²) in [6.45, 7) is 19.0. The van der Waals surface area contributed by atoms with Crippen LogP contribution in [0.2, 0.25) is 0 Å². The van der Waals surface area contributed by atoms with Gasteiger partial charge in [0.15, 0.2) is 0 Å². The fourth-order valence-electron chi connectivity index (χ4n) is 11.7. The number of hydrogen-bond donors (Lipinski definition) is 0. The molecule has 0 aromatic heterocycles. The van der Waals surface area contributed by atoms with Gasteiger partial charge in [-0.25, -0.2) is 0 Å². The summed E-state index contributed by atoms with van der Waals surface area (Å²) in [4.78, 5) is 2.52. The van der Waals surface area contributed by atoms with Gasteiger partial charge >= 0.3 is 0 Å². The summed E-state index contributed by atoms with van der Waals surface area (Å²) in [5.41, 5.74) is 22.5. The van der Waals surface area contributed by atoms with Crippen molar-refractivity contribution in [1.82, 2.24) is 0 Å². The summed E-state index contributed by atoms with van der Waals surface area (Å²) in [7, 11) is 0. The van der Waals surface area contributed by atoms with Crippen LogP contribution in [0.25, 0.3) is 65.7 Å². The molecule has 9 aromatic rings. The molecule has 12 rings (SSSR count). The third-order valence-corrected chi connectivity index (χ3v) is 15.0. The number of anilines is 3. The van der Waals surface area contributed by atoms with Crippen LogP contribution in [0.3, 0.4) is 0 Å². The second-order valence-corrected chi connectivity index (χ2v) is 19.5. The highest BCUT2D eigenvalue weighted by atomic mass is 15.1. The Kier molecular flexibility index (Phi) is 7.01. The van der Waals surface area contributed by atoms with Gasteiger partial charge in [-0.3, -0.25) is 0 Å². The van der Waals surface area contributed by atoms with Crippen molar-refractivity contribution in [3.63, 3.8) is 0 Å². The molecular formula is C59H49N. The van der Waals surface area contributed by atoms with Crippen LogP contribution < -0.4 is 4.90 Å². The minimum atomic E-state index is -0.186. The maximum Gasteiger partial charge on any atom is 0.0519 e. The van der Waals surface area contributed by atoms with E-state index >= 15 is 0 Å². The molecule has 0 bridgehead atoms. The summed E-state index contributed by atoms with van der Waals surface area (Å²) >= 11 is 0. The zero-order valence-corrected chi connectivity index (χ0v) is 35.9. The lowest BCUT2D eigenvalue weighted by molar-refractivity contribution is 0.652. The first kappa shape index (κ1) is 35.5. The van der Waals surface area contributed by atoms with Crippen molar-refractivity contribution < 1.29 is 0 Å². The average molecular weight is 772 g/mol. The fraction of sp³-hybridized carbons (Fsp3) is 0.186. The predicted molar refractivity (Wildman–Crippen MR) is 256 cm³/mol. The number of para-hydroxylation sites is 1. The van der Waals surface area contributed by atoms with Crippen LogP contribution in [-0.2, 0) is 16.2 Å². The van der Waals surface area contributed by atoms with Crippen molar-refractivity contribution in [2.24, 2.45) is 0 Å². The van der Waals surface area contributed by atoms with E-state index in [-0.39, 0.29) is 16.2 Å². The third kappa shape index (κ3) is 4.64. The van der Waals surface area contributed by atoms with E-state index in [2.05, 4.69) is 212 Å². The predicted octanol–water partition coefficient (Wildman–Crippen LogP) is 16.2. The molecule has 0 heterocycles. The van der Waals surface area contributed by atoms with Gasteiger partial charge in [0.05, 0.1) is 5.69 Å². The standard InChI is InChI=1S/C59H49N/c1-34-14-13-15-35(2)56(34)60(41-22-20-39-28-46-45-27-37-17-9-10-18-38(37)29-50(45)58(5,6)51(46)30-40(39)26-41)42-23-24-44-47-32-54-48(33-53(47)59(7,8)52(44)31-42)55-43-19-12-11-16-36(43)21-25-49(55)57(54,3)4/h9-33H,1-8H3. The molecule has 0 saturated carbocycles. The van der Waals surface area contributed by atoms with Crippen LogP contribution in [0, 0.1) is 13.8 Å². The van der Waals surface area contributed by atoms with Crippen molar-refractivity contribution in [2.45, 2.75) is 71.6 Å². The Morgan fingerprint density at radius 1 is 0.333 bits per heavy atom. The average Bonchev–Trinajstić information content (AvgIpc) is 3.71. The van der Waals surface area contributed by atoms with Crippen molar-refractivity contribution >= 4 is 49.4 Å². The lowest BCUT2D eigenvalue weighted by Crippen LogP contribution is -2.18. The number of aryl methyl sites for hydroxylation is 2. The number of rotatable bonds is 3. The van der Waals surface area contributed by atoms with E-state index in [9.17, 15) is 0 Å². The first-order chi connectivity index (χ1) is 28.8. The molecule has 3 aliphatic rings. The maximum atomic E-state index is 2.55. The molecule has 0 radical (unpaired) electrons. The highest BCUT2D eigenvalue weighted by molar-refractivity contribution is 6.04. The number of hydrogen-bond acceptors (Lipinski definition) is 1. The highest BCUT2D eigenvalue weighted by Crippen LogP contribution is 2.58. The van der Waals surface area contributed by atoms with Crippen molar-refractivity contribution in [1.29, 1.82) is 0 Å². The molecule has 9 aromatic carbocycles.